The number of nitrogens with one attached hydrogen (secondary N) is 1. The van der Waals surface area contributed by atoms with E-state index in [0.717, 1.165) is 12.8 Å². The maximum Gasteiger partial charge on any atom is 0.229 e. The van der Waals surface area contributed by atoms with Crippen LogP contribution < -0.4 is 5.09 Å². The molecular weight excluding hydrogens is 245 g/mol. The normalized spacial score (nSPS) is 23.7. The van der Waals surface area contributed by atoms with Crippen LogP contribution in [0.15, 0.2) is 0 Å². The van der Waals surface area contributed by atoms with Crippen LogP contribution in [-0.4, -0.2) is 18.5 Å². The van der Waals surface area contributed by atoms with E-state index in [-0.39, 0.29) is 5.78 Å². The molecule has 94 valence electrons. The highest BCUT2D eigenvalue weighted by Gasteiger charge is 2.23. The minimum absolute atomic E-state index is 0.134. The van der Waals surface area contributed by atoms with Crippen LogP contribution in [0.2, 0.25) is 0 Å². The Kier molecular flexibility index (Phi) is 5.49. The van der Waals surface area contributed by atoms with Gasteiger partial charge >= 0.3 is 0 Å². The summed E-state index contributed by atoms with van der Waals surface area (Å²) >= 11 is 5.61. The fourth-order valence-corrected chi connectivity index (χ4v) is 3.55. The molecule has 2 atom stereocenters. The van der Waals surface area contributed by atoms with Crippen LogP contribution in [0.5, 0.6) is 0 Å². The summed E-state index contributed by atoms with van der Waals surface area (Å²) in [7, 11) is 0. The molecule has 1 rings (SSSR count). The lowest BCUT2D eigenvalue weighted by Gasteiger charge is -2.23. The average molecular weight is 266 g/mol. The van der Waals surface area contributed by atoms with Crippen molar-refractivity contribution >= 4 is 23.7 Å². The van der Waals surface area contributed by atoms with Crippen LogP contribution in [0.1, 0.15) is 45.4 Å². The molecule has 0 aromatic heterocycles. The molecule has 0 spiro atoms. The van der Waals surface area contributed by atoms with E-state index in [1.54, 1.807) is 6.92 Å². The molecule has 0 aromatic carbocycles. The van der Waals surface area contributed by atoms with Gasteiger partial charge in [0.15, 0.2) is 0 Å². The number of rotatable bonds is 5. The number of carbonyl (C=O) groups excluding carboxylic acids is 1. The molecule has 1 fully saturated rings. The lowest BCUT2D eigenvalue weighted by molar-refractivity contribution is -0.121. The van der Waals surface area contributed by atoms with Crippen molar-refractivity contribution in [3.63, 3.8) is 0 Å². The number of hydrogen-bond donors (Lipinski definition) is 1. The Labute approximate surface area is 103 Å². The van der Waals surface area contributed by atoms with Crippen LogP contribution >= 0.6 is 17.9 Å². The smallest absolute Gasteiger partial charge is 0.229 e. The summed E-state index contributed by atoms with van der Waals surface area (Å²) in [6.07, 6.45) is 6.69. The molecule has 16 heavy (non-hydrogen) atoms. The first-order valence-electron chi connectivity index (χ1n) is 5.96. The van der Waals surface area contributed by atoms with E-state index in [2.05, 4.69) is 5.09 Å². The van der Waals surface area contributed by atoms with E-state index >= 15 is 0 Å². The molecule has 1 aliphatic rings. The average Bonchev–Trinajstić information content (AvgIpc) is 2.16. The highest BCUT2D eigenvalue weighted by Crippen LogP contribution is 2.42. The summed E-state index contributed by atoms with van der Waals surface area (Å²) in [5.74, 6) is 0.659. The van der Waals surface area contributed by atoms with Gasteiger partial charge in [-0.25, -0.2) is 5.09 Å². The van der Waals surface area contributed by atoms with Gasteiger partial charge < -0.3 is 0 Å². The van der Waals surface area contributed by atoms with Crippen LogP contribution in [0, 0.1) is 5.92 Å². The Hall–Kier alpha value is 0.150. The molecule has 1 unspecified atom stereocenters. The van der Waals surface area contributed by atoms with Gasteiger partial charge in [-0.05, 0) is 24.1 Å². The molecule has 0 bridgehead atoms. The van der Waals surface area contributed by atoms with Crippen molar-refractivity contribution < 1.29 is 9.36 Å². The third-order valence-corrected chi connectivity index (χ3v) is 4.26. The van der Waals surface area contributed by atoms with E-state index in [0.29, 0.717) is 12.3 Å². The monoisotopic (exact) mass is 265 g/mol. The van der Waals surface area contributed by atoms with Crippen LogP contribution in [0.25, 0.3) is 0 Å². The largest absolute Gasteiger partial charge is 0.298 e. The second-order valence-corrected chi connectivity index (χ2v) is 8.68. The van der Waals surface area contributed by atoms with Gasteiger partial charge in [0.25, 0.3) is 0 Å². The highest BCUT2D eigenvalue weighted by atomic mass is 35.7. The van der Waals surface area contributed by atoms with Crippen LogP contribution in [-0.2, 0) is 9.36 Å². The van der Waals surface area contributed by atoms with Crippen molar-refractivity contribution in [3.05, 3.63) is 0 Å². The molecule has 1 saturated carbocycles. The van der Waals surface area contributed by atoms with Gasteiger partial charge in [-0.2, -0.15) is 0 Å². The number of hydrogen-bond acceptors (Lipinski definition) is 2. The summed E-state index contributed by atoms with van der Waals surface area (Å²) in [5, 5.41) is 2.68. The van der Waals surface area contributed by atoms with Gasteiger partial charge in [0.05, 0.1) is 6.04 Å². The van der Waals surface area contributed by atoms with Crippen LogP contribution in [0.4, 0.5) is 0 Å². The van der Waals surface area contributed by atoms with E-state index in [4.69, 9.17) is 11.2 Å². The van der Waals surface area contributed by atoms with Crippen molar-refractivity contribution in [3.8, 4) is 0 Å². The number of carbonyl (C=O) groups is 1. The number of ketones is 1. The van der Waals surface area contributed by atoms with Crippen molar-refractivity contribution in [2.24, 2.45) is 5.92 Å². The summed E-state index contributed by atoms with van der Waals surface area (Å²) < 4.78 is 11.3. The molecular formula is C11H21ClNO2P. The van der Waals surface area contributed by atoms with E-state index in [1.165, 1.54) is 25.9 Å². The van der Waals surface area contributed by atoms with Crippen molar-refractivity contribution in [2.45, 2.75) is 51.5 Å². The van der Waals surface area contributed by atoms with Gasteiger partial charge in [0.2, 0.25) is 6.65 Å². The molecule has 0 radical (unpaired) electrons. The quantitative estimate of drug-likeness (QED) is 0.773. The lowest BCUT2D eigenvalue weighted by atomic mass is 9.85. The highest BCUT2D eigenvalue weighted by molar-refractivity contribution is 7.87. The van der Waals surface area contributed by atoms with Crippen molar-refractivity contribution in [1.29, 1.82) is 0 Å². The zero-order valence-electron chi connectivity index (χ0n) is 10.0. The van der Waals surface area contributed by atoms with Crippen molar-refractivity contribution in [2.75, 3.05) is 6.66 Å². The zero-order chi connectivity index (χ0) is 12.2. The second kappa shape index (κ2) is 6.18. The van der Waals surface area contributed by atoms with Crippen molar-refractivity contribution in [1.82, 2.24) is 5.09 Å². The zero-order valence-corrected chi connectivity index (χ0v) is 11.7. The fourth-order valence-electron chi connectivity index (χ4n) is 2.27. The van der Waals surface area contributed by atoms with E-state index < -0.39 is 12.7 Å². The Morgan fingerprint density at radius 1 is 1.44 bits per heavy atom. The molecule has 0 saturated heterocycles. The molecule has 0 aromatic rings. The summed E-state index contributed by atoms with van der Waals surface area (Å²) in [6, 6.07) is -0.393. The van der Waals surface area contributed by atoms with Gasteiger partial charge in [0, 0.05) is 13.1 Å². The summed E-state index contributed by atoms with van der Waals surface area (Å²) in [6.45, 7) is 0.342. The standard InChI is InChI=1S/C11H21ClNO2P/c1-9(13-16(2,12)15)11(14)8-10-6-4-3-5-7-10/h9-10H,3-8H2,1-2H3,(H,13,15)/t9-,16?/m0/s1. The molecule has 1 N–H and O–H groups in total. The third-order valence-electron chi connectivity index (χ3n) is 3.12. The first-order chi connectivity index (χ1) is 7.38. The molecule has 3 nitrogen and oxygen atoms in total. The SMILES string of the molecule is C[C@H](NP(C)(=O)Cl)C(=O)CC1CCCCC1. The number of halogens is 1. The van der Waals surface area contributed by atoms with Crippen LogP contribution in [0.3, 0.4) is 0 Å². The summed E-state index contributed by atoms with van der Waals surface area (Å²) in [4.78, 5) is 11.8. The van der Waals surface area contributed by atoms with E-state index in [1.807, 2.05) is 0 Å². The molecule has 1 aliphatic carbocycles. The third kappa shape index (κ3) is 5.47. The van der Waals surface area contributed by atoms with E-state index in [9.17, 15) is 9.36 Å². The predicted molar refractivity (Wildman–Crippen MR) is 68.2 cm³/mol. The Bertz CT molecular complexity index is 284. The van der Waals surface area contributed by atoms with Gasteiger partial charge in [0.1, 0.15) is 5.78 Å². The molecule has 0 amide bonds. The Balaban J connectivity index is 2.36. The lowest BCUT2D eigenvalue weighted by Crippen LogP contribution is -2.32. The van der Waals surface area contributed by atoms with Gasteiger partial charge in [-0.15, -0.1) is 0 Å². The minimum Gasteiger partial charge on any atom is -0.298 e. The first-order valence-corrected chi connectivity index (χ1v) is 9.02. The maximum atomic E-state index is 11.8. The maximum absolute atomic E-state index is 11.8. The minimum atomic E-state index is -2.83. The first kappa shape index (κ1) is 14.2. The Morgan fingerprint density at radius 2 is 2.00 bits per heavy atom. The molecule has 0 heterocycles. The van der Waals surface area contributed by atoms with Gasteiger partial charge in [-0.1, -0.05) is 32.1 Å². The predicted octanol–water partition coefficient (Wildman–Crippen LogP) is 3.57. The Morgan fingerprint density at radius 3 is 2.50 bits per heavy atom. The molecule has 0 aliphatic heterocycles. The summed E-state index contributed by atoms with van der Waals surface area (Å²) in [5.41, 5.74) is 0. The second-order valence-electron chi connectivity index (χ2n) is 4.85. The molecule has 5 heteroatoms. The van der Waals surface area contributed by atoms with Gasteiger partial charge in [-0.3, -0.25) is 9.36 Å². The fraction of sp³-hybridized carbons (Fsp3) is 0.909. The topological polar surface area (TPSA) is 46.2 Å². The number of Topliss-reactive ketones (excluding diaryl/α,β-unsaturated/α-hetero) is 1.